The molecule has 3 rings (SSSR count). The summed E-state index contributed by atoms with van der Waals surface area (Å²) in [6, 6.07) is 8.40. The average molecular weight is 270 g/mol. The molecule has 1 atom stereocenters. The van der Waals surface area contributed by atoms with Gasteiger partial charge in [0.15, 0.2) is 0 Å². The van der Waals surface area contributed by atoms with Crippen LogP contribution in [-0.4, -0.2) is 33.0 Å². The van der Waals surface area contributed by atoms with Crippen molar-refractivity contribution in [3.8, 4) is 0 Å². The van der Waals surface area contributed by atoms with E-state index in [-0.39, 0.29) is 11.8 Å². The topological polar surface area (TPSA) is 61.9 Å². The Morgan fingerprint density at radius 2 is 2.20 bits per heavy atom. The number of hydrogen-bond acceptors (Lipinski definition) is 3. The number of nitrogens with zero attached hydrogens (tertiary/aromatic N) is 3. The highest BCUT2D eigenvalue weighted by Crippen LogP contribution is 2.26. The summed E-state index contributed by atoms with van der Waals surface area (Å²) in [6.45, 7) is 0.483. The van der Waals surface area contributed by atoms with Crippen molar-refractivity contribution in [2.24, 2.45) is 5.92 Å². The highest BCUT2D eigenvalue weighted by atomic mass is 16.2. The largest absolute Gasteiger partial charge is 0.338 e. The van der Waals surface area contributed by atoms with Crippen LogP contribution < -0.4 is 0 Å². The Kier molecular flexibility index (Phi) is 3.50. The number of hydrogen-bond donors (Lipinski definition) is 1. The molecule has 0 aliphatic heterocycles. The van der Waals surface area contributed by atoms with Crippen molar-refractivity contribution in [2.45, 2.75) is 25.8 Å². The molecule has 5 heteroatoms. The molecule has 0 saturated carbocycles. The van der Waals surface area contributed by atoms with Crippen LogP contribution in [0.5, 0.6) is 0 Å². The van der Waals surface area contributed by atoms with Crippen LogP contribution in [0.2, 0.25) is 0 Å². The van der Waals surface area contributed by atoms with Crippen LogP contribution in [0.25, 0.3) is 0 Å². The van der Waals surface area contributed by atoms with Gasteiger partial charge in [0.05, 0.1) is 6.54 Å². The summed E-state index contributed by atoms with van der Waals surface area (Å²) < 4.78 is 0. The number of aromatic amines is 1. The molecule has 20 heavy (non-hydrogen) atoms. The van der Waals surface area contributed by atoms with Crippen molar-refractivity contribution in [1.29, 1.82) is 0 Å². The molecule has 0 fully saturated rings. The fourth-order valence-electron chi connectivity index (χ4n) is 2.83. The number of amides is 1. The summed E-state index contributed by atoms with van der Waals surface area (Å²) in [4.78, 5) is 18.3. The predicted molar refractivity (Wildman–Crippen MR) is 74.8 cm³/mol. The third-order valence-electron chi connectivity index (χ3n) is 3.92. The number of nitrogens with one attached hydrogen (secondary N) is 1. The van der Waals surface area contributed by atoms with Gasteiger partial charge in [0, 0.05) is 13.0 Å². The van der Waals surface area contributed by atoms with E-state index in [0.717, 1.165) is 25.1 Å². The van der Waals surface area contributed by atoms with E-state index in [1.807, 2.05) is 13.1 Å². The van der Waals surface area contributed by atoms with E-state index < -0.39 is 0 Å². The molecule has 1 aliphatic rings. The Morgan fingerprint density at radius 3 is 2.95 bits per heavy atom. The SMILES string of the molecule is CN(Cc1ncn[nH]1)C(=O)C1CCc2ccccc2C1. The molecule has 1 heterocycles. The quantitative estimate of drug-likeness (QED) is 0.921. The lowest BCUT2D eigenvalue weighted by atomic mass is 9.83. The van der Waals surface area contributed by atoms with Gasteiger partial charge in [-0.2, -0.15) is 5.10 Å². The maximum absolute atomic E-state index is 12.5. The summed E-state index contributed by atoms with van der Waals surface area (Å²) in [6.07, 6.45) is 4.22. The zero-order valence-electron chi connectivity index (χ0n) is 11.5. The van der Waals surface area contributed by atoms with E-state index in [9.17, 15) is 4.79 Å². The van der Waals surface area contributed by atoms with Crippen LogP contribution in [0.15, 0.2) is 30.6 Å². The lowest BCUT2D eigenvalue weighted by Gasteiger charge is -2.27. The highest BCUT2D eigenvalue weighted by molar-refractivity contribution is 5.79. The predicted octanol–water partition coefficient (Wildman–Crippen LogP) is 1.57. The molecule has 1 N–H and O–H groups in total. The van der Waals surface area contributed by atoms with Crippen molar-refractivity contribution < 1.29 is 4.79 Å². The second-order valence-electron chi connectivity index (χ2n) is 5.33. The van der Waals surface area contributed by atoms with Gasteiger partial charge < -0.3 is 4.90 Å². The smallest absolute Gasteiger partial charge is 0.226 e. The van der Waals surface area contributed by atoms with Gasteiger partial charge in [-0.25, -0.2) is 4.98 Å². The first-order valence-corrected chi connectivity index (χ1v) is 6.90. The fourth-order valence-corrected chi connectivity index (χ4v) is 2.83. The van der Waals surface area contributed by atoms with Gasteiger partial charge in [-0.1, -0.05) is 24.3 Å². The van der Waals surface area contributed by atoms with Gasteiger partial charge >= 0.3 is 0 Å². The van der Waals surface area contributed by atoms with Crippen LogP contribution in [0.1, 0.15) is 23.4 Å². The number of rotatable bonds is 3. The van der Waals surface area contributed by atoms with E-state index in [2.05, 4.69) is 33.4 Å². The molecule has 1 aromatic heterocycles. The number of H-pyrrole nitrogens is 1. The van der Waals surface area contributed by atoms with E-state index in [4.69, 9.17) is 0 Å². The molecule has 5 nitrogen and oxygen atoms in total. The number of aromatic nitrogens is 3. The first-order chi connectivity index (χ1) is 9.74. The van der Waals surface area contributed by atoms with Crippen LogP contribution in [0, 0.1) is 5.92 Å². The molecule has 0 spiro atoms. The average Bonchev–Trinajstić information content (AvgIpc) is 2.99. The molecule has 2 aromatic rings. The molecule has 0 bridgehead atoms. The Morgan fingerprint density at radius 1 is 1.40 bits per heavy atom. The first kappa shape index (κ1) is 12.8. The molecule has 1 aromatic carbocycles. The third kappa shape index (κ3) is 2.57. The molecular weight excluding hydrogens is 252 g/mol. The molecule has 0 saturated heterocycles. The lowest BCUT2D eigenvalue weighted by molar-refractivity contribution is -0.135. The minimum Gasteiger partial charge on any atom is -0.338 e. The highest BCUT2D eigenvalue weighted by Gasteiger charge is 2.26. The van der Waals surface area contributed by atoms with E-state index in [1.165, 1.54) is 17.5 Å². The van der Waals surface area contributed by atoms with Gasteiger partial charge in [-0.15, -0.1) is 0 Å². The van der Waals surface area contributed by atoms with Crippen LogP contribution in [0.3, 0.4) is 0 Å². The summed E-state index contributed by atoms with van der Waals surface area (Å²) in [5, 5.41) is 6.59. The fraction of sp³-hybridized carbons (Fsp3) is 0.400. The zero-order chi connectivity index (χ0) is 13.9. The molecular formula is C15H18N4O. The molecule has 1 amide bonds. The number of carbonyl (C=O) groups is 1. The van der Waals surface area contributed by atoms with E-state index in [1.54, 1.807) is 4.90 Å². The molecule has 1 aliphatic carbocycles. The van der Waals surface area contributed by atoms with Crippen LogP contribution >= 0.6 is 0 Å². The Balaban J connectivity index is 1.66. The molecule has 0 radical (unpaired) electrons. The van der Waals surface area contributed by atoms with Gasteiger partial charge in [0.25, 0.3) is 0 Å². The van der Waals surface area contributed by atoms with E-state index in [0.29, 0.717) is 6.54 Å². The van der Waals surface area contributed by atoms with Gasteiger partial charge in [0.2, 0.25) is 5.91 Å². The summed E-state index contributed by atoms with van der Waals surface area (Å²) in [5.74, 6) is 0.991. The second kappa shape index (κ2) is 5.45. The first-order valence-electron chi connectivity index (χ1n) is 6.90. The lowest BCUT2D eigenvalue weighted by Crippen LogP contribution is -2.35. The number of benzene rings is 1. The number of aryl methyl sites for hydroxylation is 1. The van der Waals surface area contributed by atoms with Crippen molar-refractivity contribution in [3.05, 3.63) is 47.5 Å². The van der Waals surface area contributed by atoms with E-state index >= 15 is 0 Å². The van der Waals surface area contributed by atoms with Gasteiger partial charge in [0.1, 0.15) is 12.2 Å². The van der Waals surface area contributed by atoms with Gasteiger partial charge in [-0.05, 0) is 30.4 Å². The maximum atomic E-state index is 12.5. The van der Waals surface area contributed by atoms with Gasteiger partial charge in [-0.3, -0.25) is 9.89 Å². The summed E-state index contributed by atoms with van der Waals surface area (Å²) >= 11 is 0. The minimum absolute atomic E-state index is 0.0813. The third-order valence-corrected chi connectivity index (χ3v) is 3.92. The summed E-state index contributed by atoms with van der Waals surface area (Å²) in [7, 11) is 1.82. The Hall–Kier alpha value is -2.17. The van der Waals surface area contributed by atoms with Crippen LogP contribution in [0.4, 0.5) is 0 Å². The molecule has 1 unspecified atom stereocenters. The van der Waals surface area contributed by atoms with Crippen molar-refractivity contribution >= 4 is 5.91 Å². The maximum Gasteiger partial charge on any atom is 0.226 e. The standard InChI is InChI=1S/C15H18N4O/c1-19(9-14-16-10-17-18-14)15(20)13-7-6-11-4-2-3-5-12(11)8-13/h2-5,10,13H,6-9H2,1H3,(H,16,17,18). The van der Waals surface area contributed by atoms with Crippen molar-refractivity contribution in [2.75, 3.05) is 7.05 Å². The second-order valence-corrected chi connectivity index (χ2v) is 5.33. The monoisotopic (exact) mass is 270 g/mol. The Labute approximate surface area is 118 Å². The van der Waals surface area contributed by atoms with Crippen LogP contribution in [-0.2, 0) is 24.2 Å². The minimum atomic E-state index is 0.0813. The normalized spacial score (nSPS) is 17.6. The molecule has 104 valence electrons. The van der Waals surface area contributed by atoms with Crippen molar-refractivity contribution in [3.63, 3.8) is 0 Å². The number of carbonyl (C=O) groups excluding carboxylic acids is 1. The Bertz CT molecular complexity index is 594. The summed E-state index contributed by atoms with van der Waals surface area (Å²) in [5.41, 5.74) is 2.69. The number of fused-ring (bicyclic) bond motifs is 1. The zero-order valence-corrected chi connectivity index (χ0v) is 11.5. The van der Waals surface area contributed by atoms with Crippen molar-refractivity contribution in [1.82, 2.24) is 20.1 Å².